The molecule has 0 bridgehead atoms. The van der Waals surface area contributed by atoms with Crippen molar-refractivity contribution in [2.24, 2.45) is 0 Å². The van der Waals surface area contributed by atoms with E-state index in [0.717, 1.165) is 31.4 Å². The molecule has 0 aromatic heterocycles. The zero-order valence-corrected chi connectivity index (χ0v) is 14.3. The van der Waals surface area contributed by atoms with Crippen LogP contribution in [-0.2, 0) is 10.0 Å². The zero-order valence-electron chi connectivity index (χ0n) is 13.5. The summed E-state index contributed by atoms with van der Waals surface area (Å²) in [6.45, 7) is 9.03. The Bertz CT molecular complexity index is 529. The maximum atomic E-state index is 12.4. The van der Waals surface area contributed by atoms with Crippen LogP contribution in [0.1, 0.15) is 58.6 Å². The van der Waals surface area contributed by atoms with Gasteiger partial charge in [-0.15, -0.1) is 0 Å². The van der Waals surface area contributed by atoms with Gasteiger partial charge in [-0.1, -0.05) is 32.4 Å². The normalized spacial score (nSPS) is 14.9. The predicted molar refractivity (Wildman–Crippen MR) is 87.8 cm³/mol. The first-order valence-corrected chi connectivity index (χ1v) is 9.24. The van der Waals surface area contributed by atoms with E-state index in [9.17, 15) is 8.42 Å². The van der Waals surface area contributed by atoms with E-state index >= 15 is 0 Å². The van der Waals surface area contributed by atoms with Crippen LogP contribution >= 0.6 is 0 Å². The van der Waals surface area contributed by atoms with Crippen molar-refractivity contribution in [3.05, 3.63) is 29.8 Å². The predicted octanol–water partition coefficient (Wildman–Crippen LogP) is 3.21. The molecule has 0 fully saturated rings. The number of hydrogen-bond acceptors (Lipinski definition) is 3. The Labute approximate surface area is 129 Å². The van der Waals surface area contributed by atoms with E-state index in [0.29, 0.717) is 4.90 Å². The van der Waals surface area contributed by atoms with Crippen LogP contribution in [-0.4, -0.2) is 21.0 Å². The summed E-state index contributed by atoms with van der Waals surface area (Å²) in [6.07, 6.45) is 2.85. The van der Waals surface area contributed by atoms with Gasteiger partial charge in [0.05, 0.1) is 4.90 Å². The van der Waals surface area contributed by atoms with Gasteiger partial charge in [0.1, 0.15) is 0 Å². The second-order valence-electron chi connectivity index (χ2n) is 5.56. The first-order chi connectivity index (χ1) is 9.90. The summed E-state index contributed by atoms with van der Waals surface area (Å²) in [5, 5.41) is 3.37. The lowest BCUT2D eigenvalue weighted by Gasteiger charge is -2.16. The molecule has 0 saturated carbocycles. The molecule has 4 nitrogen and oxygen atoms in total. The molecule has 1 aromatic rings. The molecule has 120 valence electrons. The molecule has 0 aliphatic heterocycles. The van der Waals surface area contributed by atoms with Crippen LogP contribution in [0.3, 0.4) is 0 Å². The molecular formula is C16H28N2O2S. The van der Waals surface area contributed by atoms with E-state index in [1.807, 2.05) is 19.9 Å². The van der Waals surface area contributed by atoms with Crippen molar-refractivity contribution in [3.8, 4) is 0 Å². The van der Waals surface area contributed by atoms with Gasteiger partial charge in [-0.05, 0) is 50.9 Å². The monoisotopic (exact) mass is 312 g/mol. The van der Waals surface area contributed by atoms with Crippen LogP contribution in [0.4, 0.5) is 0 Å². The fourth-order valence-corrected chi connectivity index (χ4v) is 3.59. The highest BCUT2D eigenvalue weighted by atomic mass is 32.2. The Hall–Kier alpha value is -0.910. The van der Waals surface area contributed by atoms with Gasteiger partial charge in [0, 0.05) is 12.1 Å². The van der Waals surface area contributed by atoms with E-state index in [4.69, 9.17) is 0 Å². The van der Waals surface area contributed by atoms with Crippen LogP contribution in [0.15, 0.2) is 29.2 Å². The molecule has 2 atom stereocenters. The van der Waals surface area contributed by atoms with Crippen LogP contribution < -0.4 is 10.0 Å². The summed E-state index contributed by atoms with van der Waals surface area (Å²) in [4.78, 5) is 0.341. The average molecular weight is 312 g/mol. The lowest BCUT2D eigenvalue weighted by Crippen LogP contribution is -2.32. The fourth-order valence-electron chi connectivity index (χ4n) is 2.25. The molecule has 0 amide bonds. The summed E-state index contributed by atoms with van der Waals surface area (Å²) < 4.78 is 27.5. The van der Waals surface area contributed by atoms with E-state index in [2.05, 4.69) is 23.9 Å². The largest absolute Gasteiger partial charge is 0.310 e. The van der Waals surface area contributed by atoms with Gasteiger partial charge in [-0.3, -0.25) is 0 Å². The summed E-state index contributed by atoms with van der Waals surface area (Å²) in [5.74, 6) is 0. The van der Waals surface area contributed by atoms with E-state index in [1.165, 1.54) is 0 Å². The van der Waals surface area contributed by atoms with E-state index < -0.39 is 10.0 Å². The second-order valence-corrected chi connectivity index (χ2v) is 7.27. The molecule has 0 heterocycles. The third-order valence-electron chi connectivity index (χ3n) is 3.45. The maximum Gasteiger partial charge on any atom is 0.240 e. The smallest absolute Gasteiger partial charge is 0.240 e. The van der Waals surface area contributed by atoms with E-state index in [1.54, 1.807) is 18.2 Å². The highest BCUT2D eigenvalue weighted by Crippen LogP contribution is 2.18. The molecule has 0 saturated heterocycles. The van der Waals surface area contributed by atoms with Crippen molar-refractivity contribution in [2.75, 3.05) is 6.54 Å². The second kappa shape index (κ2) is 8.51. The first-order valence-electron chi connectivity index (χ1n) is 7.76. The van der Waals surface area contributed by atoms with E-state index in [-0.39, 0.29) is 12.1 Å². The van der Waals surface area contributed by atoms with Crippen molar-refractivity contribution in [3.63, 3.8) is 0 Å². The standard InChI is InChI=1S/C16H28N2O2S/c1-5-8-13(3)18-21(19,20)16-10-7-9-15(12-16)14(4)17-11-6-2/h7,9-10,12-14,17-18H,5-6,8,11H2,1-4H3. The molecule has 0 radical (unpaired) electrons. The Morgan fingerprint density at radius 1 is 1.14 bits per heavy atom. The number of sulfonamides is 1. The van der Waals surface area contributed by atoms with Gasteiger partial charge >= 0.3 is 0 Å². The van der Waals surface area contributed by atoms with Gasteiger partial charge in [-0.25, -0.2) is 13.1 Å². The maximum absolute atomic E-state index is 12.4. The van der Waals surface area contributed by atoms with Crippen molar-refractivity contribution >= 4 is 10.0 Å². The topological polar surface area (TPSA) is 58.2 Å². The molecule has 2 N–H and O–H groups in total. The minimum atomic E-state index is -3.44. The molecule has 21 heavy (non-hydrogen) atoms. The van der Waals surface area contributed by atoms with Gasteiger partial charge < -0.3 is 5.32 Å². The highest BCUT2D eigenvalue weighted by Gasteiger charge is 2.18. The fraction of sp³-hybridized carbons (Fsp3) is 0.625. The van der Waals surface area contributed by atoms with Crippen molar-refractivity contribution in [1.29, 1.82) is 0 Å². The number of benzene rings is 1. The third kappa shape index (κ3) is 5.77. The summed E-state index contributed by atoms with van der Waals surface area (Å²) in [5.41, 5.74) is 0.995. The third-order valence-corrected chi connectivity index (χ3v) is 5.03. The van der Waals surface area contributed by atoms with Gasteiger partial charge in [-0.2, -0.15) is 0 Å². The Balaban J connectivity index is 2.88. The molecular weight excluding hydrogens is 284 g/mol. The van der Waals surface area contributed by atoms with Crippen molar-refractivity contribution in [2.45, 2.75) is 63.9 Å². The number of rotatable bonds is 9. The molecule has 0 spiro atoms. The molecule has 1 rings (SSSR count). The van der Waals surface area contributed by atoms with Crippen molar-refractivity contribution in [1.82, 2.24) is 10.0 Å². The van der Waals surface area contributed by atoms with Gasteiger partial charge in [0.15, 0.2) is 0 Å². The Morgan fingerprint density at radius 2 is 1.86 bits per heavy atom. The summed E-state index contributed by atoms with van der Waals surface area (Å²) >= 11 is 0. The first kappa shape index (κ1) is 18.1. The van der Waals surface area contributed by atoms with Crippen LogP contribution in [0.5, 0.6) is 0 Å². The Kier molecular flexibility index (Phi) is 7.35. The molecule has 0 aliphatic carbocycles. The Morgan fingerprint density at radius 3 is 2.48 bits per heavy atom. The lowest BCUT2D eigenvalue weighted by atomic mass is 10.1. The molecule has 1 aromatic carbocycles. The summed E-state index contributed by atoms with van der Waals surface area (Å²) in [7, 11) is -3.44. The van der Waals surface area contributed by atoms with Crippen LogP contribution in [0.2, 0.25) is 0 Å². The zero-order chi connectivity index (χ0) is 15.9. The van der Waals surface area contributed by atoms with Gasteiger partial charge in [0.25, 0.3) is 0 Å². The highest BCUT2D eigenvalue weighted by molar-refractivity contribution is 7.89. The minimum absolute atomic E-state index is 0.0423. The van der Waals surface area contributed by atoms with Crippen LogP contribution in [0, 0.1) is 0 Å². The molecule has 5 heteroatoms. The molecule has 2 unspecified atom stereocenters. The SMILES string of the molecule is CCCNC(C)c1cccc(S(=O)(=O)NC(C)CCC)c1. The quantitative estimate of drug-likeness (QED) is 0.736. The van der Waals surface area contributed by atoms with Crippen molar-refractivity contribution < 1.29 is 8.42 Å². The number of hydrogen-bond donors (Lipinski definition) is 2. The van der Waals surface area contributed by atoms with Crippen LogP contribution in [0.25, 0.3) is 0 Å². The van der Waals surface area contributed by atoms with Gasteiger partial charge in [0.2, 0.25) is 10.0 Å². The molecule has 0 aliphatic rings. The lowest BCUT2D eigenvalue weighted by molar-refractivity contribution is 0.542. The minimum Gasteiger partial charge on any atom is -0.310 e. The summed E-state index contributed by atoms with van der Waals surface area (Å²) in [6, 6.07) is 7.28. The number of nitrogens with one attached hydrogen (secondary N) is 2. The average Bonchev–Trinajstić information content (AvgIpc) is 2.44.